The molecule has 0 saturated heterocycles. The Kier molecular flexibility index (Phi) is 4.74. The highest BCUT2D eigenvalue weighted by molar-refractivity contribution is 5.93. The van der Waals surface area contributed by atoms with Crippen LogP contribution < -0.4 is 10.2 Å². The SMILES string of the molecule is O=C(CCN1CCCc2ccccc21)Nc1ccccc1[N+](=O)[O-]. The third-order valence-electron chi connectivity index (χ3n) is 4.19. The first kappa shape index (κ1) is 16.0. The molecule has 2 aromatic rings. The van der Waals surface area contributed by atoms with E-state index in [1.807, 2.05) is 12.1 Å². The van der Waals surface area contributed by atoms with Crippen molar-refractivity contribution in [2.45, 2.75) is 19.3 Å². The average molecular weight is 325 g/mol. The van der Waals surface area contributed by atoms with Crippen LogP contribution in [-0.4, -0.2) is 23.9 Å². The lowest BCUT2D eigenvalue weighted by atomic mass is 10.0. The second-order valence-corrected chi connectivity index (χ2v) is 5.79. The summed E-state index contributed by atoms with van der Waals surface area (Å²) >= 11 is 0. The minimum atomic E-state index is -0.490. The molecule has 0 bridgehead atoms. The maximum absolute atomic E-state index is 12.2. The summed E-state index contributed by atoms with van der Waals surface area (Å²) in [5, 5.41) is 13.6. The number of aryl methyl sites for hydroxylation is 1. The third-order valence-corrected chi connectivity index (χ3v) is 4.19. The van der Waals surface area contributed by atoms with Gasteiger partial charge in [-0.3, -0.25) is 14.9 Å². The lowest BCUT2D eigenvalue weighted by Crippen LogP contribution is -2.32. The summed E-state index contributed by atoms with van der Waals surface area (Å²) in [7, 11) is 0. The molecule has 0 saturated carbocycles. The predicted molar refractivity (Wildman–Crippen MR) is 93.3 cm³/mol. The molecule has 0 fully saturated rings. The molecule has 124 valence electrons. The Balaban J connectivity index is 1.62. The molecular weight excluding hydrogens is 306 g/mol. The van der Waals surface area contributed by atoms with Crippen LogP contribution in [0.2, 0.25) is 0 Å². The number of anilines is 2. The number of hydrogen-bond donors (Lipinski definition) is 1. The Morgan fingerprint density at radius 1 is 1.17 bits per heavy atom. The molecule has 0 aliphatic carbocycles. The average Bonchev–Trinajstić information content (AvgIpc) is 2.60. The van der Waals surface area contributed by atoms with E-state index in [0.717, 1.165) is 19.4 Å². The first-order valence-corrected chi connectivity index (χ1v) is 8.01. The van der Waals surface area contributed by atoms with Gasteiger partial charge < -0.3 is 10.2 Å². The van der Waals surface area contributed by atoms with Gasteiger partial charge >= 0.3 is 0 Å². The zero-order valence-corrected chi connectivity index (χ0v) is 13.3. The Bertz CT molecular complexity index is 761. The van der Waals surface area contributed by atoms with Crippen molar-refractivity contribution in [3.63, 3.8) is 0 Å². The Hall–Kier alpha value is -2.89. The number of nitro groups is 1. The van der Waals surface area contributed by atoms with Crippen LogP contribution in [0.3, 0.4) is 0 Å². The van der Waals surface area contributed by atoms with E-state index < -0.39 is 4.92 Å². The van der Waals surface area contributed by atoms with E-state index in [9.17, 15) is 14.9 Å². The quantitative estimate of drug-likeness (QED) is 0.675. The van der Waals surface area contributed by atoms with Gasteiger partial charge in [0.05, 0.1) is 4.92 Å². The van der Waals surface area contributed by atoms with Crippen LogP contribution in [0.15, 0.2) is 48.5 Å². The molecule has 0 aromatic heterocycles. The second kappa shape index (κ2) is 7.12. The van der Waals surface area contributed by atoms with Gasteiger partial charge in [-0.15, -0.1) is 0 Å². The van der Waals surface area contributed by atoms with Crippen LogP contribution in [0.5, 0.6) is 0 Å². The standard InChI is InChI=1S/C18H19N3O3/c22-18(19-15-8-2-4-10-17(15)21(23)24)11-13-20-12-5-7-14-6-1-3-9-16(14)20/h1-4,6,8-10H,5,7,11-13H2,(H,19,22). The molecule has 1 amide bonds. The summed E-state index contributed by atoms with van der Waals surface area (Å²) in [6, 6.07) is 14.4. The van der Waals surface area contributed by atoms with Crippen LogP contribution in [0.4, 0.5) is 17.1 Å². The maximum atomic E-state index is 12.2. The van der Waals surface area contributed by atoms with Gasteiger partial charge in [0.15, 0.2) is 0 Å². The van der Waals surface area contributed by atoms with E-state index in [2.05, 4.69) is 22.3 Å². The molecule has 1 aliphatic rings. The molecule has 0 radical (unpaired) electrons. The highest BCUT2D eigenvalue weighted by atomic mass is 16.6. The third kappa shape index (κ3) is 3.53. The topological polar surface area (TPSA) is 75.5 Å². The van der Waals surface area contributed by atoms with E-state index >= 15 is 0 Å². The number of fused-ring (bicyclic) bond motifs is 1. The van der Waals surface area contributed by atoms with Gasteiger partial charge in [0.2, 0.25) is 5.91 Å². The van der Waals surface area contributed by atoms with Crippen LogP contribution in [0, 0.1) is 10.1 Å². The van der Waals surface area contributed by atoms with E-state index in [0.29, 0.717) is 13.0 Å². The van der Waals surface area contributed by atoms with Gasteiger partial charge in [-0.1, -0.05) is 30.3 Å². The second-order valence-electron chi connectivity index (χ2n) is 5.79. The van der Waals surface area contributed by atoms with Crippen molar-refractivity contribution in [3.8, 4) is 0 Å². The van der Waals surface area contributed by atoms with Gasteiger partial charge in [-0.05, 0) is 30.5 Å². The van der Waals surface area contributed by atoms with Gasteiger partial charge in [-0.25, -0.2) is 0 Å². The fourth-order valence-corrected chi connectivity index (χ4v) is 3.03. The van der Waals surface area contributed by atoms with E-state index in [4.69, 9.17) is 0 Å². The molecule has 3 rings (SSSR count). The smallest absolute Gasteiger partial charge is 0.292 e. The van der Waals surface area contributed by atoms with Crippen molar-refractivity contribution in [2.24, 2.45) is 0 Å². The largest absolute Gasteiger partial charge is 0.371 e. The van der Waals surface area contributed by atoms with Gasteiger partial charge in [0, 0.05) is 31.3 Å². The number of benzene rings is 2. The van der Waals surface area contributed by atoms with Crippen LogP contribution in [0.1, 0.15) is 18.4 Å². The van der Waals surface area contributed by atoms with Gasteiger partial charge in [0.25, 0.3) is 5.69 Å². The minimum Gasteiger partial charge on any atom is -0.371 e. The number of carbonyl (C=O) groups is 1. The summed E-state index contributed by atoms with van der Waals surface area (Å²) in [5.41, 5.74) is 2.64. The van der Waals surface area contributed by atoms with Crippen LogP contribution in [0.25, 0.3) is 0 Å². The van der Waals surface area contributed by atoms with Crippen molar-refractivity contribution in [2.75, 3.05) is 23.3 Å². The predicted octanol–water partition coefficient (Wildman–Crippen LogP) is 3.38. The molecule has 0 unspecified atom stereocenters. The van der Waals surface area contributed by atoms with Gasteiger partial charge in [-0.2, -0.15) is 0 Å². The molecule has 6 nitrogen and oxygen atoms in total. The number of nitrogens with zero attached hydrogens (tertiary/aromatic N) is 2. The monoisotopic (exact) mass is 325 g/mol. The number of amides is 1. The Morgan fingerprint density at radius 2 is 1.92 bits per heavy atom. The number of rotatable bonds is 5. The van der Waals surface area contributed by atoms with Gasteiger partial charge in [0.1, 0.15) is 5.69 Å². The summed E-state index contributed by atoms with van der Waals surface area (Å²) in [6.45, 7) is 1.53. The lowest BCUT2D eigenvalue weighted by Gasteiger charge is -2.31. The Morgan fingerprint density at radius 3 is 2.75 bits per heavy atom. The first-order chi connectivity index (χ1) is 11.6. The molecule has 1 N–H and O–H groups in total. The van der Waals surface area contributed by atoms with Crippen molar-refractivity contribution in [1.82, 2.24) is 0 Å². The van der Waals surface area contributed by atoms with Crippen molar-refractivity contribution in [1.29, 1.82) is 0 Å². The lowest BCUT2D eigenvalue weighted by molar-refractivity contribution is -0.383. The molecule has 1 heterocycles. The summed E-state index contributed by atoms with van der Waals surface area (Å²) in [5.74, 6) is -0.215. The van der Waals surface area contributed by atoms with Crippen LogP contribution >= 0.6 is 0 Å². The highest BCUT2D eigenvalue weighted by Crippen LogP contribution is 2.27. The molecule has 0 spiro atoms. The number of nitro benzene ring substituents is 1. The van der Waals surface area contributed by atoms with Crippen molar-refractivity contribution >= 4 is 23.0 Å². The highest BCUT2D eigenvalue weighted by Gasteiger charge is 2.18. The fourth-order valence-electron chi connectivity index (χ4n) is 3.03. The molecule has 24 heavy (non-hydrogen) atoms. The number of para-hydroxylation sites is 3. The zero-order valence-electron chi connectivity index (χ0n) is 13.3. The molecule has 6 heteroatoms. The molecule has 2 aromatic carbocycles. The molecule has 1 aliphatic heterocycles. The first-order valence-electron chi connectivity index (χ1n) is 8.01. The van der Waals surface area contributed by atoms with Crippen molar-refractivity contribution in [3.05, 3.63) is 64.2 Å². The minimum absolute atomic E-state index is 0.0887. The molecule has 0 atom stereocenters. The summed E-state index contributed by atoms with van der Waals surface area (Å²) < 4.78 is 0. The summed E-state index contributed by atoms with van der Waals surface area (Å²) in [4.78, 5) is 24.9. The van der Waals surface area contributed by atoms with Crippen LogP contribution in [-0.2, 0) is 11.2 Å². The fraction of sp³-hybridized carbons (Fsp3) is 0.278. The van der Waals surface area contributed by atoms with Crippen molar-refractivity contribution < 1.29 is 9.72 Å². The van der Waals surface area contributed by atoms with E-state index in [1.54, 1.807) is 18.2 Å². The number of nitrogens with one attached hydrogen (secondary N) is 1. The normalized spacial score (nSPS) is 13.2. The zero-order chi connectivity index (χ0) is 16.9. The molecular formula is C18H19N3O3. The van der Waals surface area contributed by atoms with E-state index in [-0.39, 0.29) is 17.3 Å². The number of hydrogen-bond acceptors (Lipinski definition) is 4. The summed E-state index contributed by atoms with van der Waals surface area (Å²) in [6.07, 6.45) is 2.43. The maximum Gasteiger partial charge on any atom is 0.292 e. The Labute approximate surface area is 140 Å². The van der Waals surface area contributed by atoms with E-state index in [1.165, 1.54) is 17.3 Å². The number of carbonyl (C=O) groups excluding carboxylic acids is 1.